The molecule has 102 valence electrons. The Hall–Kier alpha value is -1.28. The third-order valence-corrected chi connectivity index (χ3v) is 4.90. The van der Waals surface area contributed by atoms with E-state index in [0.717, 1.165) is 12.5 Å². The van der Waals surface area contributed by atoms with E-state index in [4.69, 9.17) is 5.73 Å². The Balaban J connectivity index is 2.10. The van der Waals surface area contributed by atoms with Crippen LogP contribution in [0.5, 0.6) is 0 Å². The number of H-pyrrole nitrogens is 1. The van der Waals surface area contributed by atoms with Gasteiger partial charge in [-0.15, -0.1) is 0 Å². The quantitative estimate of drug-likeness (QED) is 0.855. The predicted molar refractivity (Wildman–Crippen MR) is 81.5 cm³/mol. The van der Waals surface area contributed by atoms with Crippen molar-refractivity contribution in [3.8, 4) is 0 Å². The summed E-state index contributed by atoms with van der Waals surface area (Å²) in [6.45, 7) is 5.15. The van der Waals surface area contributed by atoms with Crippen LogP contribution in [0.15, 0.2) is 18.3 Å². The number of benzene rings is 1. The fourth-order valence-electron chi connectivity index (χ4n) is 3.82. The lowest BCUT2D eigenvalue weighted by atomic mass is 9.84. The highest BCUT2D eigenvalue weighted by molar-refractivity contribution is 5.89. The van der Waals surface area contributed by atoms with E-state index in [1.807, 2.05) is 0 Å². The third-order valence-electron chi connectivity index (χ3n) is 4.90. The van der Waals surface area contributed by atoms with E-state index in [9.17, 15) is 0 Å². The number of nitrogens with two attached hydrogens (primary N) is 1. The smallest absolute Gasteiger partial charge is 0.0489 e. The number of aromatic amines is 1. The fourth-order valence-corrected chi connectivity index (χ4v) is 3.82. The second-order valence-corrected chi connectivity index (χ2v) is 6.08. The lowest BCUT2D eigenvalue weighted by molar-refractivity contribution is 0.442. The first-order chi connectivity index (χ1) is 9.22. The molecule has 1 unspecified atom stereocenters. The monoisotopic (exact) mass is 256 g/mol. The van der Waals surface area contributed by atoms with Crippen molar-refractivity contribution >= 4 is 10.9 Å². The largest absolute Gasteiger partial charge is 0.361 e. The van der Waals surface area contributed by atoms with Gasteiger partial charge in [-0.05, 0) is 55.8 Å². The van der Waals surface area contributed by atoms with Crippen molar-refractivity contribution in [1.29, 1.82) is 0 Å². The van der Waals surface area contributed by atoms with Gasteiger partial charge in [0.25, 0.3) is 0 Å². The molecule has 3 N–H and O–H groups in total. The van der Waals surface area contributed by atoms with E-state index in [0.29, 0.717) is 5.92 Å². The molecule has 1 aromatic heterocycles. The summed E-state index contributed by atoms with van der Waals surface area (Å²) in [5.41, 5.74) is 11.6. The van der Waals surface area contributed by atoms with Gasteiger partial charge in [-0.2, -0.15) is 0 Å². The molecule has 2 nitrogen and oxygen atoms in total. The number of hydrogen-bond acceptors (Lipinski definition) is 1. The van der Waals surface area contributed by atoms with Crippen molar-refractivity contribution < 1.29 is 0 Å². The van der Waals surface area contributed by atoms with Crippen molar-refractivity contribution in [2.75, 3.05) is 6.54 Å². The molecule has 0 saturated heterocycles. The van der Waals surface area contributed by atoms with Crippen LogP contribution in [0.3, 0.4) is 0 Å². The summed E-state index contributed by atoms with van der Waals surface area (Å²) in [4.78, 5) is 3.48. The lowest BCUT2D eigenvalue weighted by Crippen LogP contribution is -2.19. The molecule has 0 aliphatic heterocycles. The summed E-state index contributed by atoms with van der Waals surface area (Å²) in [5.74, 6) is 1.31. The zero-order chi connectivity index (χ0) is 13.4. The highest BCUT2D eigenvalue weighted by Gasteiger charge is 2.27. The maximum Gasteiger partial charge on any atom is 0.0489 e. The summed E-state index contributed by atoms with van der Waals surface area (Å²) in [7, 11) is 0. The first-order valence-electron chi connectivity index (χ1n) is 7.49. The average molecular weight is 256 g/mol. The molecule has 1 aromatic carbocycles. The van der Waals surface area contributed by atoms with Crippen molar-refractivity contribution in [2.45, 2.75) is 45.4 Å². The number of aryl methyl sites for hydroxylation is 2. The molecule has 0 amide bonds. The number of rotatable bonds is 3. The molecular formula is C17H24N2. The van der Waals surface area contributed by atoms with Gasteiger partial charge < -0.3 is 10.7 Å². The van der Waals surface area contributed by atoms with Crippen LogP contribution in [0.1, 0.15) is 48.3 Å². The molecule has 1 saturated carbocycles. The first-order valence-corrected chi connectivity index (χ1v) is 7.49. The van der Waals surface area contributed by atoms with Crippen LogP contribution in [0.4, 0.5) is 0 Å². The molecule has 1 aliphatic rings. The SMILES string of the molecule is Cc1ccc(C)c2c(C(CN)C3CCCC3)c[nH]c12. The molecule has 2 aromatic rings. The lowest BCUT2D eigenvalue weighted by Gasteiger charge is -2.22. The number of nitrogens with one attached hydrogen (secondary N) is 1. The Morgan fingerprint density at radius 2 is 1.89 bits per heavy atom. The molecule has 2 heteroatoms. The fraction of sp³-hybridized carbons (Fsp3) is 0.529. The molecule has 0 radical (unpaired) electrons. The van der Waals surface area contributed by atoms with Crippen LogP contribution in [0.25, 0.3) is 10.9 Å². The van der Waals surface area contributed by atoms with Crippen LogP contribution in [-0.2, 0) is 0 Å². The van der Waals surface area contributed by atoms with Crippen LogP contribution >= 0.6 is 0 Å². The molecule has 0 bridgehead atoms. The van der Waals surface area contributed by atoms with Crippen LogP contribution < -0.4 is 5.73 Å². The molecule has 19 heavy (non-hydrogen) atoms. The van der Waals surface area contributed by atoms with Gasteiger partial charge in [0.15, 0.2) is 0 Å². The summed E-state index contributed by atoms with van der Waals surface area (Å²) >= 11 is 0. The third kappa shape index (κ3) is 2.08. The minimum atomic E-state index is 0.525. The Morgan fingerprint density at radius 3 is 2.58 bits per heavy atom. The molecule has 3 rings (SSSR count). The van der Waals surface area contributed by atoms with Gasteiger partial charge in [0.05, 0.1) is 0 Å². The Morgan fingerprint density at radius 1 is 1.21 bits per heavy atom. The molecule has 1 aliphatic carbocycles. The Bertz CT molecular complexity index is 576. The van der Waals surface area contributed by atoms with Gasteiger partial charge in [0.1, 0.15) is 0 Å². The van der Waals surface area contributed by atoms with Crippen LogP contribution in [-0.4, -0.2) is 11.5 Å². The second kappa shape index (κ2) is 5.01. The van der Waals surface area contributed by atoms with Crippen LogP contribution in [0.2, 0.25) is 0 Å². The first kappa shape index (κ1) is 12.7. The minimum absolute atomic E-state index is 0.525. The van der Waals surface area contributed by atoms with E-state index < -0.39 is 0 Å². The second-order valence-electron chi connectivity index (χ2n) is 6.08. The zero-order valence-electron chi connectivity index (χ0n) is 12.0. The number of fused-ring (bicyclic) bond motifs is 1. The van der Waals surface area contributed by atoms with E-state index in [2.05, 4.69) is 37.2 Å². The molecule has 1 fully saturated rings. The van der Waals surface area contributed by atoms with Gasteiger partial charge in [-0.1, -0.05) is 25.0 Å². The predicted octanol–water partition coefficient (Wildman–Crippen LogP) is 4.02. The van der Waals surface area contributed by atoms with Crippen molar-refractivity contribution in [3.63, 3.8) is 0 Å². The van der Waals surface area contributed by atoms with Gasteiger partial charge in [-0.25, -0.2) is 0 Å². The molecule has 0 spiro atoms. The van der Waals surface area contributed by atoms with Crippen molar-refractivity contribution in [1.82, 2.24) is 4.98 Å². The zero-order valence-corrected chi connectivity index (χ0v) is 12.0. The molecular weight excluding hydrogens is 232 g/mol. The van der Waals surface area contributed by atoms with Crippen molar-refractivity contribution in [3.05, 3.63) is 35.0 Å². The maximum absolute atomic E-state index is 6.11. The maximum atomic E-state index is 6.11. The molecule has 1 heterocycles. The normalized spacial score (nSPS) is 18.3. The van der Waals surface area contributed by atoms with E-state index in [-0.39, 0.29) is 0 Å². The summed E-state index contributed by atoms with van der Waals surface area (Å²) in [5, 5.41) is 1.42. The number of aromatic nitrogens is 1. The van der Waals surface area contributed by atoms with Crippen molar-refractivity contribution in [2.24, 2.45) is 11.7 Å². The topological polar surface area (TPSA) is 41.8 Å². The van der Waals surface area contributed by atoms with Gasteiger partial charge >= 0.3 is 0 Å². The van der Waals surface area contributed by atoms with E-state index >= 15 is 0 Å². The Labute approximate surface area is 115 Å². The standard InChI is InChI=1S/C17H24N2/c1-11-7-8-12(2)17-16(11)15(10-19-17)14(9-18)13-5-3-4-6-13/h7-8,10,13-14,19H,3-6,9,18H2,1-2H3. The summed E-state index contributed by atoms with van der Waals surface area (Å²) in [6, 6.07) is 4.43. The summed E-state index contributed by atoms with van der Waals surface area (Å²) in [6.07, 6.45) is 7.66. The highest BCUT2D eigenvalue weighted by Crippen LogP contribution is 2.40. The van der Waals surface area contributed by atoms with Gasteiger partial charge in [0, 0.05) is 23.0 Å². The van der Waals surface area contributed by atoms with Crippen LogP contribution in [0, 0.1) is 19.8 Å². The van der Waals surface area contributed by atoms with E-state index in [1.165, 1.54) is 53.3 Å². The Kier molecular flexibility index (Phi) is 3.36. The van der Waals surface area contributed by atoms with Gasteiger partial charge in [0.2, 0.25) is 0 Å². The summed E-state index contributed by atoms with van der Waals surface area (Å²) < 4.78 is 0. The van der Waals surface area contributed by atoms with Gasteiger partial charge in [-0.3, -0.25) is 0 Å². The molecule has 1 atom stereocenters. The highest BCUT2D eigenvalue weighted by atomic mass is 14.7. The minimum Gasteiger partial charge on any atom is -0.361 e. The average Bonchev–Trinajstić information content (AvgIpc) is 3.05. The van der Waals surface area contributed by atoms with E-state index in [1.54, 1.807) is 0 Å². The number of hydrogen-bond donors (Lipinski definition) is 2.